The van der Waals surface area contributed by atoms with Crippen molar-refractivity contribution in [1.82, 2.24) is 0 Å². The van der Waals surface area contributed by atoms with Crippen LogP contribution in [0.2, 0.25) is 5.02 Å². The normalized spacial score (nSPS) is 10.5. The summed E-state index contributed by atoms with van der Waals surface area (Å²) in [6.45, 7) is 0. The molecule has 2 N–H and O–H groups in total. The van der Waals surface area contributed by atoms with E-state index >= 15 is 0 Å². The highest BCUT2D eigenvalue weighted by Gasteiger charge is 2.15. The molecular weight excluding hydrogens is 321 g/mol. The molecule has 6 heteroatoms. The molecule has 0 bridgehead atoms. The second-order valence-corrected chi connectivity index (χ2v) is 5.20. The number of aromatic hydroxyl groups is 1. The summed E-state index contributed by atoms with van der Waals surface area (Å²) in [4.78, 5) is 12.2. The maximum atomic E-state index is 13.7. The van der Waals surface area contributed by atoms with Gasteiger partial charge in [0.25, 0.3) is 5.91 Å². The van der Waals surface area contributed by atoms with Crippen molar-refractivity contribution in [2.45, 2.75) is 0 Å². The van der Waals surface area contributed by atoms with Gasteiger partial charge in [-0.2, -0.15) is 0 Å². The molecule has 0 fully saturated rings. The van der Waals surface area contributed by atoms with E-state index in [1.807, 2.05) is 0 Å². The predicted octanol–water partition coefficient (Wildman–Crippen LogP) is 4.70. The monoisotopic (exact) mass is 331 g/mol. The van der Waals surface area contributed by atoms with Crippen molar-refractivity contribution in [3.8, 4) is 17.1 Å². The average molecular weight is 332 g/mol. The lowest BCUT2D eigenvalue weighted by Crippen LogP contribution is -2.10. The van der Waals surface area contributed by atoms with E-state index in [2.05, 4.69) is 5.32 Å². The number of amides is 1. The number of hydrogen-bond donors (Lipinski definition) is 2. The van der Waals surface area contributed by atoms with E-state index in [4.69, 9.17) is 16.0 Å². The number of carbonyl (C=O) groups excluding carboxylic acids is 1. The third kappa shape index (κ3) is 3.19. The van der Waals surface area contributed by atoms with Crippen LogP contribution in [0.3, 0.4) is 0 Å². The van der Waals surface area contributed by atoms with Crippen LogP contribution in [-0.4, -0.2) is 11.0 Å². The molecule has 116 valence electrons. The molecular formula is C17H11ClFNO3. The van der Waals surface area contributed by atoms with Gasteiger partial charge in [-0.1, -0.05) is 23.7 Å². The fourth-order valence-corrected chi connectivity index (χ4v) is 2.23. The summed E-state index contributed by atoms with van der Waals surface area (Å²) in [5.74, 6) is -0.915. The Bertz CT molecular complexity index is 876. The molecule has 3 rings (SSSR count). The molecule has 0 unspecified atom stereocenters. The Morgan fingerprint density at radius 3 is 2.70 bits per heavy atom. The van der Waals surface area contributed by atoms with Gasteiger partial charge in [0.15, 0.2) is 5.76 Å². The number of anilines is 1. The molecule has 0 aliphatic rings. The third-order valence-corrected chi connectivity index (χ3v) is 3.41. The molecule has 3 aromatic rings. The SMILES string of the molecule is O=C(Nc1cc(Cl)ccc1O)c1ccc(-c2ccccc2F)o1. The summed E-state index contributed by atoms with van der Waals surface area (Å²) in [7, 11) is 0. The van der Waals surface area contributed by atoms with Crippen LogP contribution in [0, 0.1) is 5.82 Å². The van der Waals surface area contributed by atoms with Crippen molar-refractivity contribution >= 4 is 23.2 Å². The summed E-state index contributed by atoms with van der Waals surface area (Å²) in [5.41, 5.74) is 0.420. The van der Waals surface area contributed by atoms with Gasteiger partial charge < -0.3 is 14.8 Å². The molecule has 23 heavy (non-hydrogen) atoms. The smallest absolute Gasteiger partial charge is 0.291 e. The van der Waals surface area contributed by atoms with Gasteiger partial charge >= 0.3 is 0 Å². The van der Waals surface area contributed by atoms with Crippen molar-refractivity contribution in [3.05, 3.63) is 71.2 Å². The van der Waals surface area contributed by atoms with E-state index in [1.54, 1.807) is 18.2 Å². The van der Waals surface area contributed by atoms with Crippen LogP contribution >= 0.6 is 11.6 Å². The third-order valence-electron chi connectivity index (χ3n) is 3.18. The lowest BCUT2D eigenvalue weighted by Gasteiger charge is -2.06. The minimum absolute atomic E-state index is 0.0115. The number of benzene rings is 2. The highest BCUT2D eigenvalue weighted by atomic mass is 35.5. The molecule has 1 heterocycles. The second-order valence-electron chi connectivity index (χ2n) is 4.76. The molecule has 2 aromatic carbocycles. The Kier molecular flexibility index (Phi) is 4.04. The standard InChI is InChI=1S/C17H11ClFNO3/c18-10-5-6-14(21)13(9-10)20-17(22)16-8-7-15(23-16)11-3-1-2-4-12(11)19/h1-9,21H,(H,20,22). The lowest BCUT2D eigenvalue weighted by atomic mass is 10.1. The topological polar surface area (TPSA) is 62.5 Å². The molecule has 0 aliphatic carbocycles. The van der Waals surface area contributed by atoms with E-state index in [0.717, 1.165) is 0 Å². The summed E-state index contributed by atoms with van der Waals surface area (Å²) in [6, 6.07) is 13.3. The zero-order valence-electron chi connectivity index (χ0n) is 11.7. The van der Waals surface area contributed by atoms with Crippen molar-refractivity contribution in [3.63, 3.8) is 0 Å². The molecule has 0 aliphatic heterocycles. The fourth-order valence-electron chi connectivity index (χ4n) is 2.06. The first kappa shape index (κ1) is 15.1. The Morgan fingerprint density at radius 1 is 1.13 bits per heavy atom. The van der Waals surface area contributed by atoms with Gasteiger partial charge in [-0.15, -0.1) is 0 Å². The van der Waals surface area contributed by atoms with Gasteiger partial charge in [0, 0.05) is 5.02 Å². The summed E-state index contributed by atoms with van der Waals surface area (Å²) >= 11 is 5.82. The fraction of sp³-hybridized carbons (Fsp3) is 0. The van der Waals surface area contributed by atoms with E-state index in [-0.39, 0.29) is 28.5 Å². The number of furan rings is 1. The van der Waals surface area contributed by atoms with Crippen LogP contribution in [0.25, 0.3) is 11.3 Å². The van der Waals surface area contributed by atoms with Gasteiger partial charge in [0.1, 0.15) is 17.3 Å². The van der Waals surface area contributed by atoms with Crippen LogP contribution in [0.15, 0.2) is 59.0 Å². The number of phenols is 1. The number of carbonyl (C=O) groups is 1. The number of halogens is 2. The van der Waals surface area contributed by atoms with E-state index < -0.39 is 11.7 Å². The van der Waals surface area contributed by atoms with Crippen molar-refractivity contribution in [2.24, 2.45) is 0 Å². The van der Waals surface area contributed by atoms with Crippen LogP contribution in [0.1, 0.15) is 10.6 Å². The first-order valence-corrected chi connectivity index (χ1v) is 7.07. The zero-order chi connectivity index (χ0) is 16.4. The summed E-state index contributed by atoms with van der Waals surface area (Å²) in [5, 5.41) is 12.5. The van der Waals surface area contributed by atoms with E-state index in [9.17, 15) is 14.3 Å². The van der Waals surface area contributed by atoms with Gasteiger partial charge in [-0.05, 0) is 42.5 Å². The number of rotatable bonds is 3. The van der Waals surface area contributed by atoms with Crippen LogP contribution < -0.4 is 5.32 Å². The van der Waals surface area contributed by atoms with E-state index in [0.29, 0.717) is 5.02 Å². The van der Waals surface area contributed by atoms with Crippen molar-refractivity contribution < 1.29 is 18.7 Å². The molecule has 1 amide bonds. The van der Waals surface area contributed by atoms with Crippen molar-refractivity contribution in [1.29, 1.82) is 0 Å². The first-order valence-electron chi connectivity index (χ1n) is 6.69. The molecule has 4 nitrogen and oxygen atoms in total. The molecule has 0 radical (unpaired) electrons. The quantitative estimate of drug-likeness (QED) is 0.684. The Labute approximate surface area is 136 Å². The Morgan fingerprint density at radius 2 is 1.91 bits per heavy atom. The Balaban J connectivity index is 1.84. The largest absolute Gasteiger partial charge is 0.506 e. The van der Waals surface area contributed by atoms with Gasteiger partial charge in [0.2, 0.25) is 0 Å². The molecule has 0 atom stereocenters. The van der Waals surface area contributed by atoms with Crippen LogP contribution in [-0.2, 0) is 0 Å². The number of hydrogen-bond acceptors (Lipinski definition) is 3. The van der Waals surface area contributed by atoms with Gasteiger partial charge in [-0.25, -0.2) is 4.39 Å². The number of nitrogens with one attached hydrogen (secondary N) is 1. The number of phenolic OH excluding ortho intramolecular Hbond substituents is 1. The van der Waals surface area contributed by atoms with Crippen molar-refractivity contribution in [2.75, 3.05) is 5.32 Å². The minimum atomic E-state index is -0.579. The molecule has 1 aromatic heterocycles. The predicted molar refractivity (Wildman–Crippen MR) is 85.2 cm³/mol. The molecule has 0 spiro atoms. The van der Waals surface area contributed by atoms with Gasteiger partial charge in [0.05, 0.1) is 11.3 Å². The molecule has 0 saturated heterocycles. The zero-order valence-corrected chi connectivity index (χ0v) is 12.5. The molecule has 0 saturated carbocycles. The highest BCUT2D eigenvalue weighted by Crippen LogP contribution is 2.28. The highest BCUT2D eigenvalue weighted by molar-refractivity contribution is 6.31. The van der Waals surface area contributed by atoms with Crippen LogP contribution in [0.4, 0.5) is 10.1 Å². The maximum absolute atomic E-state index is 13.7. The first-order chi connectivity index (χ1) is 11.0. The lowest BCUT2D eigenvalue weighted by molar-refractivity contribution is 0.0997. The average Bonchev–Trinajstić information content (AvgIpc) is 3.01. The van der Waals surface area contributed by atoms with E-state index in [1.165, 1.54) is 36.4 Å². The van der Waals surface area contributed by atoms with Gasteiger partial charge in [-0.3, -0.25) is 4.79 Å². The minimum Gasteiger partial charge on any atom is -0.506 e. The summed E-state index contributed by atoms with van der Waals surface area (Å²) in [6.07, 6.45) is 0. The summed E-state index contributed by atoms with van der Waals surface area (Å²) < 4.78 is 19.1. The maximum Gasteiger partial charge on any atom is 0.291 e. The Hall–Kier alpha value is -2.79. The van der Waals surface area contributed by atoms with Crippen LogP contribution in [0.5, 0.6) is 5.75 Å². The second kappa shape index (κ2) is 6.14.